The van der Waals surface area contributed by atoms with E-state index in [1.165, 1.54) is 0 Å². The number of aryl methyl sites for hydroxylation is 2. The molecule has 0 atom stereocenters. The Balaban J connectivity index is 2.00. The van der Waals surface area contributed by atoms with Crippen LogP contribution in [0.5, 0.6) is 0 Å². The van der Waals surface area contributed by atoms with E-state index in [-0.39, 0.29) is 0 Å². The molecular weight excluding hydrogens is 266 g/mol. The van der Waals surface area contributed by atoms with Gasteiger partial charge in [0.05, 0.1) is 0 Å². The van der Waals surface area contributed by atoms with E-state index >= 15 is 0 Å². The van der Waals surface area contributed by atoms with Crippen molar-refractivity contribution < 1.29 is 4.74 Å². The molecule has 0 unspecified atom stereocenters. The van der Waals surface area contributed by atoms with Gasteiger partial charge in [0.1, 0.15) is 0 Å². The summed E-state index contributed by atoms with van der Waals surface area (Å²) in [5.74, 6) is 1.26. The van der Waals surface area contributed by atoms with Crippen LogP contribution >= 0.6 is 0 Å². The van der Waals surface area contributed by atoms with Gasteiger partial charge in [-0.05, 0) is 41.8 Å². The number of benzene rings is 1. The van der Waals surface area contributed by atoms with Crippen LogP contribution in [0.3, 0.4) is 0 Å². The first-order chi connectivity index (χ1) is 10.1. The predicted octanol–water partition coefficient (Wildman–Crippen LogP) is 2.29. The Morgan fingerprint density at radius 3 is 2.90 bits per heavy atom. The molecule has 0 aliphatic carbocycles. The molecule has 0 fully saturated rings. The highest BCUT2D eigenvalue weighted by Gasteiger charge is 2.12. The molecule has 1 aromatic carbocycles. The average molecular weight is 289 g/mol. The number of tetrazole rings is 1. The van der Waals surface area contributed by atoms with Crippen molar-refractivity contribution in [1.82, 2.24) is 20.2 Å². The first-order valence-corrected chi connectivity index (χ1v) is 7.28. The summed E-state index contributed by atoms with van der Waals surface area (Å²) >= 11 is 0. The van der Waals surface area contributed by atoms with Crippen LogP contribution in [0.2, 0.25) is 0 Å². The van der Waals surface area contributed by atoms with Crippen molar-refractivity contribution in [2.45, 2.75) is 33.7 Å². The van der Waals surface area contributed by atoms with E-state index in [0.717, 1.165) is 24.2 Å². The maximum atomic E-state index is 6.03. The zero-order chi connectivity index (χ0) is 15.2. The van der Waals surface area contributed by atoms with E-state index in [2.05, 4.69) is 29.4 Å². The third-order valence-corrected chi connectivity index (χ3v) is 3.09. The van der Waals surface area contributed by atoms with Gasteiger partial charge in [0.2, 0.25) is 0 Å². The zero-order valence-corrected chi connectivity index (χ0v) is 12.9. The summed E-state index contributed by atoms with van der Waals surface area (Å²) in [6.07, 6.45) is 0.872. The Kier molecular flexibility index (Phi) is 5.27. The van der Waals surface area contributed by atoms with Gasteiger partial charge in [-0.3, -0.25) is 0 Å². The van der Waals surface area contributed by atoms with Gasteiger partial charge in [-0.2, -0.15) is 0 Å². The number of rotatable bonds is 7. The van der Waals surface area contributed by atoms with Gasteiger partial charge in [0, 0.05) is 31.0 Å². The monoisotopic (exact) mass is 289 g/mol. The number of anilines is 1. The molecule has 1 heterocycles. The lowest BCUT2D eigenvalue weighted by molar-refractivity contribution is 0.105. The van der Waals surface area contributed by atoms with Gasteiger partial charge < -0.3 is 10.5 Å². The summed E-state index contributed by atoms with van der Waals surface area (Å²) in [4.78, 5) is 0. The van der Waals surface area contributed by atoms with E-state index in [1.54, 1.807) is 4.68 Å². The van der Waals surface area contributed by atoms with Gasteiger partial charge >= 0.3 is 0 Å². The third kappa shape index (κ3) is 4.26. The summed E-state index contributed by atoms with van der Waals surface area (Å²) < 4.78 is 7.36. The van der Waals surface area contributed by atoms with Crippen molar-refractivity contribution in [3.05, 3.63) is 23.8 Å². The lowest BCUT2D eigenvalue weighted by atomic mass is 10.1. The Morgan fingerprint density at radius 2 is 2.14 bits per heavy atom. The molecule has 6 nitrogen and oxygen atoms in total. The van der Waals surface area contributed by atoms with Crippen LogP contribution in [0, 0.1) is 12.8 Å². The molecule has 2 aromatic rings. The number of hydrogen-bond acceptors (Lipinski definition) is 5. The largest absolute Gasteiger partial charge is 0.398 e. The smallest absolute Gasteiger partial charge is 0.184 e. The molecule has 1 aromatic heterocycles. The van der Waals surface area contributed by atoms with Crippen molar-refractivity contribution in [2.75, 3.05) is 18.9 Å². The standard InChI is InChI=1S/C15H23N5O/c1-11(2)10-21-8-4-7-20-15(17-18-19-20)13-9-12(3)5-6-14(13)16/h5-6,9,11H,4,7-8,10,16H2,1-3H3. The van der Waals surface area contributed by atoms with Gasteiger partial charge in [-0.15, -0.1) is 5.10 Å². The number of nitrogen functional groups attached to an aromatic ring is 1. The van der Waals surface area contributed by atoms with E-state index in [1.807, 2.05) is 25.1 Å². The fourth-order valence-corrected chi connectivity index (χ4v) is 2.05. The Hall–Kier alpha value is -1.95. The third-order valence-electron chi connectivity index (χ3n) is 3.09. The van der Waals surface area contributed by atoms with Crippen molar-refractivity contribution in [3.8, 4) is 11.4 Å². The molecule has 2 rings (SSSR count). The Morgan fingerprint density at radius 1 is 1.33 bits per heavy atom. The zero-order valence-electron chi connectivity index (χ0n) is 12.9. The summed E-state index contributed by atoms with van der Waals surface area (Å²) in [7, 11) is 0. The lowest BCUT2D eigenvalue weighted by Gasteiger charge is -2.09. The maximum absolute atomic E-state index is 6.03. The number of nitrogens with zero attached hydrogens (tertiary/aromatic N) is 4. The van der Waals surface area contributed by atoms with Crippen molar-refractivity contribution in [3.63, 3.8) is 0 Å². The molecule has 0 bridgehead atoms. The van der Waals surface area contributed by atoms with Crippen LogP contribution in [-0.4, -0.2) is 33.4 Å². The molecule has 0 spiro atoms. The van der Waals surface area contributed by atoms with Gasteiger partial charge in [0.15, 0.2) is 5.82 Å². The van der Waals surface area contributed by atoms with Crippen LogP contribution < -0.4 is 5.73 Å². The lowest BCUT2D eigenvalue weighted by Crippen LogP contribution is -2.09. The molecule has 2 N–H and O–H groups in total. The SMILES string of the molecule is Cc1ccc(N)c(-c2nnnn2CCCOCC(C)C)c1. The number of nitrogens with two attached hydrogens (primary N) is 1. The topological polar surface area (TPSA) is 78.9 Å². The molecule has 0 saturated carbocycles. The van der Waals surface area contributed by atoms with Crippen molar-refractivity contribution in [2.24, 2.45) is 5.92 Å². The highest BCUT2D eigenvalue weighted by molar-refractivity contribution is 5.71. The minimum Gasteiger partial charge on any atom is -0.398 e. The summed E-state index contributed by atoms with van der Waals surface area (Å²) in [5.41, 5.74) is 8.72. The minimum atomic E-state index is 0.556. The highest BCUT2D eigenvalue weighted by atomic mass is 16.5. The Bertz CT molecular complexity index is 579. The molecule has 6 heteroatoms. The van der Waals surface area contributed by atoms with Gasteiger partial charge in [0.25, 0.3) is 0 Å². The van der Waals surface area contributed by atoms with E-state index in [0.29, 0.717) is 30.6 Å². The number of hydrogen-bond donors (Lipinski definition) is 1. The fourth-order valence-electron chi connectivity index (χ4n) is 2.05. The molecular formula is C15H23N5O. The second-order valence-electron chi connectivity index (χ2n) is 5.64. The van der Waals surface area contributed by atoms with Crippen LogP contribution in [0.25, 0.3) is 11.4 Å². The summed E-state index contributed by atoms with van der Waals surface area (Å²) in [5, 5.41) is 11.9. The molecule has 21 heavy (non-hydrogen) atoms. The van der Waals surface area contributed by atoms with E-state index < -0.39 is 0 Å². The van der Waals surface area contributed by atoms with Crippen LogP contribution in [0.4, 0.5) is 5.69 Å². The second-order valence-corrected chi connectivity index (χ2v) is 5.64. The highest BCUT2D eigenvalue weighted by Crippen LogP contribution is 2.24. The minimum absolute atomic E-state index is 0.556. The molecule has 0 amide bonds. The molecule has 0 aliphatic heterocycles. The first kappa shape index (κ1) is 15.4. The Labute approximate surface area is 125 Å². The number of aromatic nitrogens is 4. The number of ether oxygens (including phenoxy) is 1. The first-order valence-electron chi connectivity index (χ1n) is 7.28. The van der Waals surface area contributed by atoms with E-state index in [9.17, 15) is 0 Å². The fraction of sp³-hybridized carbons (Fsp3) is 0.533. The van der Waals surface area contributed by atoms with Crippen LogP contribution in [0.1, 0.15) is 25.8 Å². The molecule has 0 saturated heterocycles. The van der Waals surface area contributed by atoms with Gasteiger partial charge in [-0.1, -0.05) is 25.5 Å². The van der Waals surface area contributed by atoms with E-state index in [4.69, 9.17) is 10.5 Å². The quantitative estimate of drug-likeness (QED) is 0.625. The molecule has 0 radical (unpaired) electrons. The predicted molar refractivity (Wildman–Crippen MR) is 82.7 cm³/mol. The normalized spacial score (nSPS) is 11.2. The average Bonchev–Trinajstić information content (AvgIpc) is 2.89. The van der Waals surface area contributed by atoms with Gasteiger partial charge in [-0.25, -0.2) is 4.68 Å². The molecule has 114 valence electrons. The van der Waals surface area contributed by atoms with Crippen LogP contribution in [0.15, 0.2) is 18.2 Å². The van der Waals surface area contributed by atoms with Crippen molar-refractivity contribution in [1.29, 1.82) is 0 Å². The summed E-state index contributed by atoms with van der Waals surface area (Å²) in [6, 6.07) is 5.87. The molecule has 0 aliphatic rings. The van der Waals surface area contributed by atoms with Crippen molar-refractivity contribution >= 4 is 5.69 Å². The second kappa shape index (κ2) is 7.17. The maximum Gasteiger partial charge on any atom is 0.184 e. The summed E-state index contributed by atoms with van der Waals surface area (Å²) in [6.45, 7) is 8.51. The van der Waals surface area contributed by atoms with Crippen LogP contribution in [-0.2, 0) is 11.3 Å².